The van der Waals surface area contributed by atoms with Crippen LogP contribution in [0.1, 0.15) is 42.1 Å². The van der Waals surface area contributed by atoms with E-state index in [1.807, 2.05) is 55.5 Å². The van der Waals surface area contributed by atoms with E-state index >= 15 is 0 Å². The number of fused-ring (bicyclic) bond motifs is 1. The van der Waals surface area contributed by atoms with Gasteiger partial charge in [0.05, 0.1) is 11.1 Å². The van der Waals surface area contributed by atoms with E-state index in [0.717, 1.165) is 46.6 Å². The molecular weight excluding hydrogens is 410 g/mol. The molecule has 0 unspecified atom stereocenters. The van der Waals surface area contributed by atoms with Gasteiger partial charge >= 0.3 is 0 Å². The lowest BCUT2D eigenvalue weighted by atomic mass is 10.1. The second-order valence-corrected chi connectivity index (χ2v) is 8.39. The first kappa shape index (κ1) is 20.9. The third kappa shape index (κ3) is 4.72. The lowest BCUT2D eigenvalue weighted by Gasteiger charge is -2.07. The summed E-state index contributed by atoms with van der Waals surface area (Å²) in [6.07, 6.45) is 4.11. The zero-order valence-corrected chi connectivity index (χ0v) is 18.3. The van der Waals surface area contributed by atoms with Crippen LogP contribution in [0.15, 0.2) is 58.1 Å². The number of para-hydroxylation sites is 1. The van der Waals surface area contributed by atoms with Crippen molar-refractivity contribution in [2.24, 2.45) is 0 Å². The first-order valence-corrected chi connectivity index (χ1v) is 11.1. The van der Waals surface area contributed by atoms with Gasteiger partial charge in [-0.05, 0) is 31.1 Å². The number of aromatic nitrogens is 3. The summed E-state index contributed by atoms with van der Waals surface area (Å²) in [6.45, 7) is 4.74. The number of benzene rings is 2. The van der Waals surface area contributed by atoms with Crippen molar-refractivity contribution in [3.63, 3.8) is 0 Å². The highest BCUT2D eigenvalue weighted by atomic mass is 32.1. The van der Waals surface area contributed by atoms with Gasteiger partial charge in [0.25, 0.3) is 11.1 Å². The molecule has 31 heavy (non-hydrogen) atoms. The first-order valence-electron chi connectivity index (χ1n) is 10.3. The maximum absolute atomic E-state index is 13.0. The summed E-state index contributed by atoms with van der Waals surface area (Å²) in [5.41, 5.74) is 2.46. The molecular formula is C24H23N3O3S. The molecule has 4 rings (SSSR count). The molecule has 0 atom stereocenters. The fourth-order valence-corrected chi connectivity index (χ4v) is 4.05. The van der Waals surface area contributed by atoms with Crippen molar-refractivity contribution >= 4 is 22.4 Å². The number of thiazole rings is 1. The van der Waals surface area contributed by atoms with Crippen molar-refractivity contribution in [3.05, 3.63) is 96.2 Å². The van der Waals surface area contributed by atoms with Crippen molar-refractivity contribution in [1.82, 2.24) is 14.6 Å². The minimum Gasteiger partial charge on any atom is -0.493 e. The predicted octanol–water partition coefficient (Wildman–Crippen LogP) is 3.14. The average molecular weight is 434 g/mol. The SMILES string of the molecule is CCCCOc1ccccc1/C=c1\sc2nc(=O)c(Cc3ccc(C)cc3)nn2c1=O. The number of ether oxygens (including phenoxy) is 1. The maximum atomic E-state index is 13.0. The fourth-order valence-electron chi connectivity index (χ4n) is 3.15. The van der Waals surface area contributed by atoms with E-state index in [1.54, 1.807) is 6.08 Å². The number of unbranched alkanes of at least 4 members (excludes halogenated alkanes) is 1. The predicted molar refractivity (Wildman–Crippen MR) is 123 cm³/mol. The highest BCUT2D eigenvalue weighted by Crippen LogP contribution is 2.19. The average Bonchev–Trinajstić information content (AvgIpc) is 3.06. The molecule has 0 fully saturated rings. The van der Waals surface area contributed by atoms with E-state index in [-0.39, 0.29) is 11.3 Å². The Bertz CT molecular complexity index is 1370. The van der Waals surface area contributed by atoms with Crippen LogP contribution >= 0.6 is 11.3 Å². The molecule has 0 radical (unpaired) electrons. The zero-order chi connectivity index (χ0) is 21.8. The lowest BCUT2D eigenvalue weighted by Crippen LogP contribution is -2.28. The molecule has 0 saturated carbocycles. The summed E-state index contributed by atoms with van der Waals surface area (Å²) in [7, 11) is 0. The summed E-state index contributed by atoms with van der Waals surface area (Å²) in [5.74, 6) is 0.725. The molecule has 7 heteroatoms. The van der Waals surface area contributed by atoms with E-state index in [0.29, 0.717) is 22.5 Å². The van der Waals surface area contributed by atoms with Crippen molar-refractivity contribution in [3.8, 4) is 5.75 Å². The number of aryl methyl sites for hydroxylation is 1. The van der Waals surface area contributed by atoms with E-state index in [4.69, 9.17) is 4.74 Å². The summed E-state index contributed by atoms with van der Waals surface area (Å²) >= 11 is 1.15. The third-order valence-corrected chi connectivity index (χ3v) is 5.86. The normalized spacial score (nSPS) is 11.9. The number of rotatable bonds is 7. The fraction of sp³-hybridized carbons (Fsp3) is 0.250. The monoisotopic (exact) mass is 433 g/mol. The van der Waals surface area contributed by atoms with Crippen LogP contribution in [0.5, 0.6) is 5.75 Å². The summed E-state index contributed by atoms with van der Waals surface area (Å²) in [5, 5.41) is 4.33. The number of hydrogen-bond donors (Lipinski definition) is 0. The highest BCUT2D eigenvalue weighted by molar-refractivity contribution is 7.15. The Morgan fingerprint density at radius 2 is 1.87 bits per heavy atom. The third-order valence-electron chi connectivity index (χ3n) is 4.90. The Balaban J connectivity index is 1.73. The van der Waals surface area contributed by atoms with E-state index in [9.17, 15) is 9.59 Å². The van der Waals surface area contributed by atoms with Crippen LogP contribution in [-0.4, -0.2) is 21.2 Å². The van der Waals surface area contributed by atoms with Crippen LogP contribution in [0.4, 0.5) is 0 Å². The Hall–Kier alpha value is -3.32. The topological polar surface area (TPSA) is 73.6 Å². The quantitative estimate of drug-likeness (QED) is 0.419. The highest BCUT2D eigenvalue weighted by Gasteiger charge is 2.12. The van der Waals surface area contributed by atoms with Crippen molar-refractivity contribution in [2.45, 2.75) is 33.1 Å². The van der Waals surface area contributed by atoms with Gasteiger partial charge in [-0.2, -0.15) is 14.6 Å². The molecule has 0 aliphatic rings. The second-order valence-electron chi connectivity index (χ2n) is 7.38. The molecule has 0 aliphatic heterocycles. The van der Waals surface area contributed by atoms with Gasteiger partial charge < -0.3 is 4.74 Å². The van der Waals surface area contributed by atoms with Crippen LogP contribution < -0.4 is 20.4 Å². The smallest absolute Gasteiger partial charge is 0.296 e. The molecule has 0 saturated heterocycles. The van der Waals surface area contributed by atoms with Gasteiger partial charge in [-0.1, -0.05) is 72.7 Å². The van der Waals surface area contributed by atoms with Crippen LogP contribution in [0.2, 0.25) is 0 Å². The van der Waals surface area contributed by atoms with Crippen molar-refractivity contribution < 1.29 is 4.74 Å². The van der Waals surface area contributed by atoms with Crippen LogP contribution in [0, 0.1) is 6.92 Å². The molecule has 0 aliphatic carbocycles. The van der Waals surface area contributed by atoms with Gasteiger partial charge in [0, 0.05) is 12.0 Å². The molecule has 6 nitrogen and oxygen atoms in total. The van der Waals surface area contributed by atoms with E-state index < -0.39 is 5.56 Å². The molecule has 2 aromatic carbocycles. The van der Waals surface area contributed by atoms with Gasteiger partial charge in [0.15, 0.2) is 0 Å². The van der Waals surface area contributed by atoms with Crippen molar-refractivity contribution in [2.75, 3.05) is 6.61 Å². The van der Waals surface area contributed by atoms with Gasteiger partial charge in [-0.25, -0.2) is 0 Å². The Kier molecular flexibility index (Phi) is 6.23. The summed E-state index contributed by atoms with van der Waals surface area (Å²) in [4.78, 5) is 29.8. The zero-order valence-electron chi connectivity index (χ0n) is 17.5. The molecule has 2 aromatic heterocycles. The largest absolute Gasteiger partial charge is 0.493 e. The Labute approximate surface area is 183 Å². The minimum absolute atomic E-state index is 0.256. The molecule has 2 heterocycles. The van der Waals surface area contributed by atoms with Gasteiger partial charge in [0.2, 0.25) is 4.96 Å². The summed E-state index contributed by atoms with van der Waals surface area (Å²) in [6, 6.07) is 15.5. The summed E-state index contributed by atoms with van der Waals surface area (Å²) < 4.78 is 7.54. The van der Waals surface area contributed by atoms with Gasteiger partial charge in [-0.3, -0.25) is 9.59 Å². The lowest BCUT2D eigenvalue weighted by molar-refractivity contribution is 0.309. The van der Waals surface area contributed by atoms with Crippen LogP contribution in [0.25, 0.3) is 11.0 Å². The molecule has 0 amide bonds. The van der Waals surface area contributed by atoms with E-state index in [1.165, 1.54) is 4.52 Å². The molecule has 4 aromatic rings. The number of hydrogen-bond acceptors (Lipinski definition) is 6. The molecule has 0 spiro atoms. The number of nitrogens with zero attached hydrogens (tertiary/aromatic N) is 3. The minimum atomic E-state index is -0.406. The van der Waals surface area contributed by atoms with Crippen molar-refractivity contribution in [1.29, 1.82) is 0 Å². The van der Waals surface area contributed by atoms with Crippen LogP contribution in [0.3, 0.4) is 0 Å². The first-order chi connectivity index (χ1) is 15.0. The second kappa shape index (κ2) is 9.22. The molecule has 0 bridgehead atoms. The molecule has 0 N–H and O–H groups in total. The van der Waals surface area contributed by atoms with Crippen LogP contribution in [-0.2, 0) is 6.42 Å². The Morgan fingerprint density at radius 3 is 2.65 bits per heavy atom. The van der Waals surface area contributed by atoms with Gasteiger partial charge in [-0.15, -0.1) is 0 Å². The Morgan fingerprint density at radius 1 is 1.10 bits per heavy atom. The van der Waals surface area contributed by atoms with Gasteiger partial charge in [0.1, 0.15) is 11.4 Å². The maximum Gasteiger partial charge on any atom is 0.296 e. The van der Waals surface area contributed by atoms with E-state index in [2.05, 4.69) is 17.0 Å². The standard InChI is InChI=1S/C24H23N3O3S/c1-3-4-13-30-20-8-6-5-7-18(20)15-21-23(29)27-24(31-21)25-22(28)19(26-27)14-17-11-9-16(2)10-12-17/h5-12,15H,3-4,13-14H2,1-2H3/b21-15-. The molecule has 158 valence electrons.